The van der Waals surface area contributed by atoms with Gasteiger partial charge in [0.1, 0.15) is 5.75 Å². The first-order valence-electron chi connectivity index (χ1n) is 7.19. The molecule has 0 spiro atoms. The number of methoxy groups -OCH3 is 1. The number of likely N-dealkylation sites (N-methyl/N-ethyl adjacent to an activating group) is 1. The lowest BCUT2D eigenvalue weighted by Crippen LogP contribution is -2.40. The summed E-state index contributed by atoms with van der Waals surface area (Å²) >= 11 is 0. The van der Waals surface area contributed by atoms with Gasteiger partial charge in [-0.3, -0.25) is 4.79 Å². The average molecular weight is 328 g/mol. The standard InChI is InChI=1S/C15H24N2O4S/c1-6-17(7-2)15(18)10-16-22(19,20)14-9-11(3)13(21-5)8-12(14)4/h8-9,16H,6-7,10H2,1-5H3. The number of carbonyl (C=O) groups excluding carboxylic acids is 1. The Morgan fingerprint density at radius 3 is 2.27 bits per heavy atom. The number of rotatable bonds is 7. The summed E-state index contributed by atoms with van der Waals surface area (Å²) in [5.74, 6) is 0.395. The molecule has 124 valence electrons. The van der Waals surface area contributed by atoms with Crippen LogP contribution in [0.5, 0.6) is 5.75 Å². The molecule has 0 aliphatic heterocycles. The average Bonchev–Trinajstić information content (AvgIpc) is 2.48. The molecule has 22 heavy (non-hydrogen) atoms. The maximum absolute atomic E-state index is 12.4. The molecular weight excluding hydrogens is 304 g/mol. The van der Waals surface area contributed by atoms with Gasteiger partial charge in [0.25, 0.3) is 0 Å². The SMILES string of the molecule is CCN(CC)C(=O)CNS(=O)(=O)c1cc(C)c(OC)cc1C. The Morgan fingerprint density at radius 2 is 1.77 bits per heavy atom. The number of amides is 1. The first-order chi connectivity index (χ1) is 10.3. The van der Waals surface area contributed by atoms with E-state index in [4.69, 9.17) is 4.74 Å². The van der Waals surface area contributed by atoms with Crippen molar-refractivity contribution in [3.63, 3.8) is 0 Å². The van der Waals surface area contributed by atoms with Crippen LogP contribution in [0.15, 0.2) is 17.0 Å². The van der Waals surface area contributed by atoms with Crippen molar-refractivity contribution < 1.29 is 17.9 Å². The number of aryl methyl sites for hydroxylation is 2. The second-order valence-electron chi connectivity index (χ2n) is 4.98. The third-order valence-electron chi connectivity index (χ3n) is 3.51. The fourth-order valence-electron chi connectivity index (χ4n) is 2.20. The predicted molar refractivity (Wildman–Crippen MR) is 85.6 cm³/mol. The van der Waals surface area contributed by atoms with E-state index < -0.39 is 10.0 Å². The van der Waals surface area contributed by atoms with E-state index in [1.54, 1.807) is 30.9 Å². The fraction of sp³-hybridized carbons (Fsp3) is 0.533. The molecule has 0 aromatic heterocycles. The van der Waals surface area contributed by atoms with Crippen LogP contribution in [-0.4, -0.2) is 46.0 Å². The van der Waals surface area contributed by atoms with Crippen LogP contribution in [0, 0.1) is 13.8 Å². The van der Waals surface area contributed by atoms with Crippen LogP contribution in [0.25, 0.3) is 0 Å². The number of benzene rings is 1. The van der Waals surface area contributed by atoms with Crippen LogP contribution in [-0.2, 0) is 14.8 Å². The van der Waals surface area contributed by atoms with Crippen molar-refractivity contribution in [1.82, 2.24) is 9.62 Å². The molecule has 1 aromatic carbocycles. The normalized spacial score (nSPS) is 11.3. The molecule has 1 N–H and O–H groups in total. The van der Waals surface area contributed by atoms with Crippen molar-refractivity contribution in [1.29, 1.82) is 0 Å². The van der Waals surface area contributed by atoms with Crippen molar-refractivity contribution in [3.05, 3.63) is 23.3 Å². The number of sulfonamides is 1. The highest BCUT2D eigenvalue weighted by Crippen LogP contribution is 2.25. The van der Waals surface area contributed by atoms with Crippen molar-refractivity contribution in [2.24, 2.45) is 0 Å². The summed E-state index contributed by atoms with van der Waals surface area (Å²) in [4.78, 5) is 13.7. The molecule has 0 saturated carbocycles. The number of hydrogen-bond donors (Lipinski definition) is 1. The van der Waals surface area contributed by atoms with Gasteiger partial charge in [0.05, 0.1) is 18.6 Å². The van der Waals surface area contributed by atoms with Crippen LogP contribution < -0.4 is 9.46 Å². The van der Waals surface area contributed by atoms with Crippen molar-refractivity contribution >= 4 is 15.9 Å². The number of nitrogens with zero attached hydrogens (tertiary/aromatic N) is 1. The number of nitrogens with one attached hydrogen (secondary N) is 1. The van der Waals surface area contributed by atoms with E-state index in [9.17, 15) is 13.2 Å². The molecular formula is C15H24N2O4S. The second-order valence-corrected chi connectivity index (χ2v) is 6.71. The van der Waals surface area contributed by atoms with E-state index in [0.29, 0.717) is 24.4 Å². The Balaban J connectivity index is 2.96. The van der Waals surface area contributed by atoms with E-state index >= 15 is 0 Å². The highest BCUT2D eigenvalue weighted by Gasteiger charge is 2.20. The van der Waals surface area contributed by atoms with Gasteiger partial charge in [0.2, 0.25) is 15.9 Å². The maximum Gasteiger partial charge on any atom is 0.241 e. The smallest absolute Gasteiger partial charge is 0.241 e. The number of ether oxygens (including phenoxy) is 1. The maximum atomic E-state index is 12.4. The molecule has 0 aliphatic carbocycles. The topological polar surface area (TPSA) is 75.7 Å². The van der Waals surface area contributed by atoms with Crippen LogP contribution in [0.4, 0.5) is 0 Å². The largest absolute Gasteiger partial charge is 0.496 e. The molecule has 0 fully saturated rings. The lowest BCUT2D eigenvalue weighted by Gasteiger charge is -2.19. The molecule has 0 bridgehead atoms. The van der Waals surface area contributed by atoms with Crippen molar-refractivity contribution in [2.75, 3.05) is 26.7 Å². The Kier molecular flexibility index (Phi) is 6.37. The van der Waals surface area contributed by atoms with E-state index in [1.165, 1.54) is 7.11 Å². The monoisotopic (exact) mass is 328 g/mol. The Morgan fingerprint density at radius 1 is 1.18 bits per heavy atom. The van der Waals surface area contributed by atoms with Crippen LogP contribution in [0.3, 0.4) is 0 Å². The number of carbonyl (C=O) groups is 1. The molecule has 0 aliphatic rings. The van der Waals surface area contributed by atoms with Gasteiger partial charge < -0.3 is 9.64 Å². The van der Waals surface area contributed by atoms with Crippen LogP contribution >= 0.6 is 0 Å². The molecule has 6 nitrogen and oxygen atoms in total. The van der Waals surface area contributed by atoms with Gasteiger partial charge in [-0.15, -0.1) is 0 Å². The summed E-state index contributed by atoms with van der Waals surface area (Å²) < 4.78 is 32.3. The molecule has 7 heteroatoms. The summed E-state index contributed by atoms with van der Waals surface area (Å²) in [6.07, 6.45) is 0. The third-order valence-corrected chi connectivity index (χ3v) is 5.05. The lowest BCUT2D eigenvalue weighted by atomic mass is 10.1. The van der Waals surface area contributed by atoms with Gasteiger partial charge in [-0.25, -0.2) is 13.1 Å². The fourth-order valence-corrected chi connectivity index (χ4v) is 3.48. The Hall–Kier alpha value is -1.60. The Labute approximate surface area is 132 Å². The molecule has 0 unspecified atom stereocenters. The second kappa shape index (κ2) is 7.60. The zero-order chi connectivity index (χ0) is 16.9. The minimum atomic E-state index is -3.74. The van der Waals surface area contributed by atoms with Gasteiger partial charge in [-0.05, 0) is 51.0 Å². The zero-order valence-electron chi connectivity index (χ0n) is 13.8. The van der Waals surface area contributed by atoms with E-state index in [-0.39, 0.29) is 17.3 Å². The molecule has 1 amide bonds. The molecule has 0 atom stereocenters. The highest BCUT2D eigenvalue weighted by molar-refractivity contribution is 7.89. The van der Waals surface area contributed by atoms with Crippen molar-refractivity contribution in [2.45, 2.75) is 32.6 Å². The van der Waals surface area contributed by atoms with E-state index in [1.807, 2.05) is 13.8 Å². The predicted octanol–water partition coefficient (Wildman–Crippen LogP) is 1.46. The van der Waals surface area contributed by atoms with Gasteiger partial charge >= 0.3 is 0 Å². The summed E-state index contributed by atoms with van der Waals surface area (Å²) in [6.45, 7) is 8.05. The first-order valence-corrected chi connectivity index (χ1v) is 8.67. The quantitative estimate of drug-likeness (QED) is 0.822. The van der Waals surface area contributed by atoms with Gasteiger partial charge in [-0.1, -0.05) is 0 Å². The highest BCUT2D eigenvalue weighted by atomic mass is 32.2. The summed E-state index contributed by atoms with van der Waals surface area (Å²) in [5, 5.41) is 0. The van der Waals surface area contributed by atoms with Gasteiger partial charge in [-0.2, -0.15) is 0 Å². The number of hydrogen-bond acceptors (Lipinski definition) is 4. The van der Waals surface area contributed by atoms with Crippen molar-refractivity contribution in [3.8, 4) is 5.75 Å². The van der Waals surface area contributed by atoms with Crippen LogP contribution in [0.1, 0.15) is 25.0 Å². The zero-order valence-corrected chi connectivity index (χ0v) is 14.6. The first kappa shape index (κ1) is 18.4. The lowest BCUT2D eigenvalue weighted by molar-refractivity contribution is -0.129. The molecule has 0 heterocycles. The summed E-state index contributed by atoms with van der Waals surface area (Å²) in [7, 11) is -2.20. The van der Waals surface area contributed by atoms with E-state index in [2.05, 4.69) is 4.72 Å². The summed E-state index contributed by atoms with van der Waals surface area (Å²) in [5.41, 5.74) is 1.30. The van der Waals surface area contributed by atoms with Gasteiger partial charge in [0.15, 0.2) is 0 Å². The minimum absolute atomic E-state index is 0.165. The van der Waals surface area contributed by atoms with Gasteiger partial charge in [0, 0.05) is 13.1 Å². The molecule has 0 radical (unpaired) electrons. The molecule has 1 rings (SSSR count). The van der Waals surface area contributed by atoms with E-state index in [0.717, 1.165) is 5.56 Å². The minimum Gasteiger partial charge on any atom is -0.496 e. The molecule has 1 aromatic rings. The Bertz CT molecular complexity index is 637. The third kappa shape index (κ3) is 4.20. The molecule has 0 saturated heterocycles. The summed E-state index contributed by atoms with van der Waals surface area (Å²) in [6, 6.07) is 3.23. The van der Waals surface area contributed by atoms with Crippen LogP contribution in [0.2, 0.25) is 0 Å².